The molecule has 0 radical (unpaired) electrons. The van der Waals surface area contributed by atoms with Crippen molar-refractivity contribution < 1.29 is 18.3 Å². The van der Waals surface area contributed by atoms with Crippen LogP contribution in [0.1, 0.15) is 31.1 Å². The van der Waals surface area contributed by atoms with Crippen LogP contribution in [0.4, 0.5) is 14.5 Å². The van der Waals surface area contributed by atoms with Crippen molar-refractivity contribution in [2.75, 3.05) is 12.4 Å². The van der Waals surface area contributed by atoms with Gasteiger partial charge in [-0.25, -0.2) is 13.6 Å². The third-order valence-electron chi connectivity index (χ3n) is 2.87. The molecule has 1 N–H and O–H groups in total. The normalized spacial score (nSPS) is 12.4. The second-order valence-corrected chi connectivity index (χ2v) is 4.46. The van der Waals surface area contributed by atoms with Crippen molar-refractivity contribution in [2.45, 2.75) is 26.8 Å². The molecule has 1 aromatic carbocycles. The van der Waals surface area contributed by atoms with Gasteiger partial charge < -0.3 is 10.1 Å². The van der Waals surface area contributed by atoms with Crippen LogP contribution in [0.2, 0.25) is 0 Å². The molecule has 0 saturated carbocycles. The quantitative estimate of drug-likeness (QED) is 0.842. The topological polar surface area (TPSA) is 38.3 Å². The first-order valence-electron chi connectivity index (χ1n) is 5.71. The molecule has 0 aliphatic carbocycles. The van der Waals surface area contributed by atoms with Crippen LogP contribution < -0.4 is 5.32 Å². The van der Waals surface area contributed by atoms with Crippen LogP contribution in [0.3, 0.4) is 0 Å². The van der Waals surface area contributed by atoms with E-state index in [4.69, 9.17) is 0 Å². The zero-order valence-electron chi connectivity index (χ0n) is 10.9. The summed E-state index contributed by atoms with van der Waals surface area (Å²) in [6.45, 7) is 5.81. The summed E-state index contributed by atoms with van der Waals surface area (Å²) in [4.78, 5) is 11.2. The Hall–Kier alpha value is -1.65. The minimum absolute atomic E-state index is 0.0112. The van der Waals surface area contributed by atoms with E-state index in [0.29, 0.717) is 0 Å². The lowest BCUT2D eigenvalue weighted by atomic mass is 10.1. The molecule has 0 amide bonds. The Labute approximate surface area is 105 Å². The number of hydrogen-bond acceptors (Lipinski definition) is 3. The summed E-state index contributed by atoms with van der Waals surface area (Å²) in [5.41, 5.74) is -0.362. The predicted octanol–water partition coefficient (Wildman–Crippen LogP) is 3.21. The van der Waals surface area contributed by atoms with E-state index < -0.39 is 23.2 Å². The summed E-state index contributed by atoms with van der Waals surface area (Å²) >= 11 is 0. The molecule has 3 nitrogen and oxygen atoms in total. The number of ether oxygens (including phenoxy) is 1. The Morgan fingerprint density at radius 3 is 2.33 bits per heavy atom. The van der Waals surface area contributed by atoms with Gasteiger partial charge in [0.25, 0.3) is 0 Å². The molecule has 100 valence electrons. The fraction of sp³-hybridized carbons (Fsp3) is 0.462. The van der Waals surface area contributed by atoms with Crippen LogP contribution in [0, 0.1) is 17.6 Å². The summed E-state index contributed by atoms with van der Waals surface area (Å²) in [5, 5.41) is 2.87. The lowest BCUT2D eigenvalue weighted by Crippen LogP contribution is -2.22. The minimum Gasteiger partial charge on any atom is -0.465 e. The Bertz CT molecular complexity index is 447. The highest BCUT2D eigenvalue weighted by molar-refractivity contribution is 5.90. The van der Waals surface area contributed by atoms with E-state index in [1.54, 1.807) is 0 Å². The molecule has 0 saturated heterocycles. The van der Waals surface area contributed by atoms with Gasteiger partial charge in [-0.2, -0.15) is 0 Å². The molecule has 0 fully saturated rings. The van der Waals surface area contributed by atoms with Crippen LogP contribution in [-0.4, -0.2) is 19.1 Å². The Morgan fingerprint density at radius 1 is 1.22 bits per heavy atom. The number of carbonyl (C=O) groups is 1. The molecule has 0 bridgehead atoms. The molecule has 0 spiro atoms. The molecular weight excluding hydrogens is 240 g/mol. The summed E-state index contributed by atoms with van der Waals surface area (Å²) in [6, 6.07) is 2.53. The van der Waals surface area contributed by atoms with E-state index in [-0.39, 0.29) is 17.6 Å². The molecule has 18 heavy (non-hydrogen) atoms. The minimum atomic E-state index is -1.19. The van der Waals surface area contributed by atoms with Gasteiger partial charge in [0.2, 0.25) is 0 Å². The van der Waals surface area contributed by atoms with E-state index in [1.807, 2.05) is 20.8 Å². The average molecular weight is 257 g/mol. The number of hydrogen-bond donors (Lipinski definition) is 1. The number of anilines is 1. The van der Waals surface area contributed by atoms with Gasteiger partial charge in [-0.05, 0) is 25.0 Å². The average Bonchev–Trinajstić information content (AvgIpc) is 2.34. The van der Waals surface area contributed by atoms with Crippen LogP contribution in [0.15, 0.2) is 12.1 Å². The number of benzene rings is 1. The fourth-order valence-electron chi connectivity index (χ4n) is 1.34. The van der Waals surface area contributed by atoms with Gasteiger partial charge in [-0.1, -0.05) is 13.8 Å². The first-order valence-corrected chi connectivity index (χ1v) is 5.71. The summed E-state index contributed by atoms with van der Waals surface area (Å²) in [7, 11) is 1.12. The third-order valence-corrected chi connectivity index (χ3v) is 2.87. The molecule has 1 unspecified atom stereocenters. The molecule has 0 aliphatic heterocycles. The molecule has 5 heteroatoms. The maximum Gasteiger partial charge on any atom is 0.340 e. The van der Waals surface area contributed by atoms with Crippen LogP contribution >= 0.6 is 0 Å². The first kappa shape index (κ1) is 14.4. The van der Waals surface area contributed by atoms with E-state index in [2.05, 4.69) is 10.1 Å². The molecule has 1 atom stereocenters. The lowest BCUT2D eigenvalue weighted by Gasteiger charge is -2.19. The third kappa shape index (κ3) is 2.97. The summed E-state index contributed by atoms with van der Waals surface area (Å²) in [5.74, 6) is -2.88. The van der Waals surface area contributed by atoms with Gasteiger partial charge in [-0.3, -0.25) is 0 Å². The van der Waals surface area contributed by atoms with Crippen molar-refractivity contribution >= 4 is 11.7 Å². The van der Waals surface area contributed by atoms with Crippen LogP contribution in [0.5, 0.6) is 0 Å². The van der Waals surface area contributed by atoms with E-state index in [0.717, 1.165) is 7.11 Å². The molecule has 0 aromatic heterocycles. The monoisotopic (exact) mass is 257 g/mol. The number of esters is 1. The van der Waals surface area contributed by atoms with Crippen molar-refractivity contribution in [3.05, 3.63) is 29.3 Å². The van der Waals surface area contributed by atoms with Crippen LogP contribution in [0.25, 0.3) is 0 Å². The fourth-order valence-corrected chi connectivity index (χ4v) is 1.34. The molecule has 0 heterocycles. The van der Waals surface area contributed by atoms with Crippen molar-refractivity contribution in [1.82, 2.24) is 0 Å². The molecular formula is C13H17F2NO2. The Kier molecular flexibility index (Phi) is 4.64. The zero-order chi connectivity index (χ0) is 13.9. The standard InChI is InChI=1S/C13H17F2NO2/c1-7(2)8(3)16-10-6-5-9(13(17)18-4)11(14)12(10)15/h5-8,16H,1-4H3. The zero-order valence-corrected chi connectivity index (χ0v) is 10.9. The molecule has 0 aliphatic rings. The second-order valence-electron chi connectivity index (χ2n) is 4.46. The molecule has 1 aromatic rings. The highest BCUT2D eigenvalue weighted by atomic mass is 19.2. The predicted molar refractivity (Wildman–Crippen MR) is 65.6 cm³/mol. The smallest absolute Gasteiger partial charge is 0.340 e. The van der Waals surface area contributed by atoms with Crippen molar-refractivity contribution in [3.63, 3.8) is 0 Å². The van der Waals surface area contributed by atoms with E-state index in [9.17, 15) is 13.6 Å². The Morgan fingerprint density at radius 2 is 1.83 bits per heavy atom. The first-order chi connectivity index (χ1) is 8.38. The maximum absolute atomic E-state index is 13.7. The number of carbonyl (C=O) groups excluding carboxylic acids is 1. The number of nitrogens with one attached hydrogen (secondary N) is 1. The number of methoxy groups -OCH3 is 1. The lowest BCUT2D eigenvalue weighted by molar-refractivity contribution is 0.0594. The van der Waals surface area contributed by atoms with Gasteiger partial charge in [-0.15, -0.1) is 0 Å². The van der Waals surface area contributed by atoms with Gasteiger partial charge in [0, 0.05) is 6.04 Å². The number of rotatable bonds is 4. The van der Waals surface area contributed by atoms with Gasteiger partial charge in [0.15, 0.2) is 11.6 Å². The summed E-state index contributed by atoms with van der Waals surface area (Å²) in [6.07, 6.45) is 0. The largest absolute Gasteiger partial charge is 0.465 e. The highest BCUT2D eigenvalue weighted by Gasteiger charge is 2.20. The van der Waals surface area contributed by atoms with Crippen molar-refractivity contribution in [1.29, 1.82) is 0 Å². The number of halogens is 2. The van der Waals surface area contributed by atoms with Gasteiger partial charge >= 0.3 is 5.97 Å². The summed E-state index contributed by atoms with van der Waals surface area (Å²) < 4.78 is 31.7. The highest BCUT2D eigenvalue weighted by Crippen LogP contribution is 2.22. The Balaban J connectivity index is 3.05. The van der Waals surface area contributed by atoms with Gasteiger partial charge in [0.1, 0.15) is 0 Å². The second kappa shape index (κ2) is 5.80. The maximum atomic E-state index is 13.7. The van der Waals surface area contributed by atoms with E-state index in [1.165, 1.54) is 12.1 Å². The van der Waals surface area contributed by atoms with Gasteiger partial charge in [0.05, 0.1) is 18.4 Å². The SMILES string of the molecule is COC(=O)c1ccc(NC(C)C(C)C)c(F)c1F. The van der Waals surface area contributed by atoms with Crippen LogP contribution in [-0.2, 0) is 4.74 Å². The van der Waals surface area contributed by atoms with Crippen molar-refractivity contribution in [2.24, 2.45) is 5.92 Å². The van der Waals surface area contributed by atoms with Crippen molar-refractivity contribution in [3.8, 4) is 0 Å². The van der Waals surface area contributed by atoms with E-state index >= 15 is 0 Å². The molecule has 1 rings (SSSR count).